The number of β-lactam (4-membered cyclic amide) rings is 1. The number of hydrogen-bond donors (Lipinski definition) is 2. The Hall–Kier alpha value is -3.88. The molecule has 0 bridgehead atoms. The smallest absolute Gasteiger partial charge is 0.355 e. The van der Waals surface area contributed by atoms with Crippen molar-refractivity contribution in [1.29, 1.82) is 0 Å². The Bertz CT molecular complexity index is 1880. The number of aromatic nitrogens is 1. The minimum absolute atomic E-state index is 0.0349. The van der Waals surface area contributed by atoms with Crippen molar-refractivity contribution in [3.8, 4) is 17.0 Å². The molecule has 0 saturated carbocycles. The predicted molar refractivity (Wildman–Crippen MR) is 164 cm³/mol. The molecule has 0 radical (unpaired) electrons. The van der Waals surface area contributed by atoms with Crippen LogP contribution in [0.3, 0.4) is 0 Å². The first kappa shape index (κ1) is 31.1. The zero-order valence-electron chi connectivity index (χ0n) is 25.1. The third kappa shape index (κ3) is 5.82. The van der Waals surface area contributed by atoms with Gasteiger partial charge in [0, 0.05) is 34.4 Å². The Morgan fingerprint density at radius 2 is 1.96 bits per heavy atom. The lowest BCUT2D eigenvalue weighted by molar-refractivity contribution is -0.159. The van der Waals surface area contributed by atoms with E-state index < -0.39 is 57.1 Å². The maximum atomic E-state index is 13.9. The summed E-state index contributed by atoms with van der Waals surface area (Å²) in [5.41, 5.74) is 2.16. The Kier molecular flexibility index (Phi) is 7.94. The van der Waals surface area contributed by atoms with E-state index in [0.717, 1.165) is 0 Å². The van der Waals surface area contributed by atoms with E-state index in [1.165, 1.54) is 34.9 Å². The number of carbonyl (C=O) groups excluding carboxylic acids is 3. The third-order valence-electron chi connectivity index (χ3n) is 7.57. The summed E-state index contributed by atoms with van der Waals surface area (Å²) in [6, 6.07) is 7.79. The maximum absolute atomic E-state index is 13.9. The molecule has 2 N–H and O–H groups in total. The van der Waals surface area contributed by atoms with Crippen molar-refractivity contribution in [2.45, 2.75) is 55.4 Å². The molecule has 3 aromatic rings. The van der Waals surface area contributed by atoms with Gasteiger partial charge in [0.1, 0.15) is 34.3 Å². The zero-order valence-corrected chi connectivity index (χ0v) is 26.7. The molecule has 3 aliphatic rings. The third-order valence-corrected chi connectivity index (χ3v) is 10.6. The molecular formula is C31H32FN3O8S2. The fraction of sp³-hybridized carbons (Fsp3) is 0.387. The Balaban J connectivity index is 1.14. The highest BCUT2D eigenvalue weighted by Crippen LogP contribution is 2.43. The van der Waals surface area contributed by atoms with Crippen molar-refractivity contribution in [1.82, 2.24) is 15.2 Å². The van der Waals surface area contributed by atoms with Crippen LogP contribution in [0, 0.1) is 5.82 Å². The van der Waals surface area contributed by atoms with Crippen LogP contribution in [-0.4, -0.2) is 78.7 Å². The molecule has 2 atom stereocenters. The minimum atomic E-state index is -3.79. The van der Waals surface area contributed by atoms with Gasteiger partial charge in [0.15, 0.2) is 16.4 Å². The predicted octanol–water partition coefficient (Wildman–Crippen LogP) is 3.67. The minimum Gasteiger partial charge on any atom is -0.484 e. The molecule has 0 aliphatic carbocycles. The first-order valence-electron chi connectivity index (χ1n) is 14.3. The van der Waals surface area contributed by atoms with E-state index in [2.05, 4.69) is 10.3 Å². The number of aromatic amines is 1. The van der Waals surface area contributed by atoms with Crippen LogP contribution >= 0.6 is 11.8 Å². The number of H-pyrrole nitrogens is 1. The number of ether oxygens (including phenoxy) is 3. The van der Waals surface area contributed by atoms with Crippen LogP contribution in [0.1, 0.15) is 33.3 Å². The lowest BCUT2D eigenvalue weighted by Gasteiger charge is -2.50. The SMILES string of the molecule is CCOCC1=C(C(=O)OC(C)(C)C)N2C(=O)C(NC(=O)COc3ccc4c(c3)S(=O)(=O)Cc3c-4[nH]c4ccc(F)cc34)C2SC1. The number of thioether (sulfide) groups is 1. The van der Waals surface area contributed by atoms with Gasteiger partial charge in [-0.1, -0.05) is 0 Å². The van der Waals surface area contributed by atoms with Crippen LogP contribution in [0.15, 0.2) is 52.6 Å². The summed E-state index contributed by atoms with van der Waals surface area (Å²) in [5, 5.41) is 2.67. The van der Waals surface area contributed by atoms with E-state index in [-0.39, 0.29) is 28.7 Å². The lowest BCUT2D eigenvalue weighted by atomic mass is 10.0. The monoisotopic (exact) mass is 657 g/mol. The molecule has 2 amide bonds. The first-order chi connectivity index (χ1) is 21.3. The molecule has 3 aliphatic heterocycles. The van der Waals surface area contributed by atoms with Crippen molar-refractivity contribution in [2.75, 3.05) is 25.6 Å². The molecule has 238 valence electrons. The average Bonchev–Trinajstić information content (AvgIpc) is 3.33. The van der Waals surface area contributed by atoms with Gasteiger partial charge in [-0.2, -0.15) is 0 Å². The van der Waals surface area contributed by atoms with Gasteiger partial charge in [-0.3, -0.25) is 14.5 Å². The summed E-state index contributed by atoms with van der Waals surface area (Å²) in [7, 11) is -3.79. The van der Waals surface area contributed by atoms with Crippen molar-refractivity contribution >= 4 is 50.3 Å². The molecule has 2 aromatic carbocycles. The first-order valence-corrected chi connectivity index (χ1v) is 17.0. The second kappa shape index (κ2) is 11.5. The Morgan fingerprint density at radius 3 is 2.69 bits per heavy atom. The number of nitrogens with one attached hydrogen (secondary N) is 2. The summed E-state index contributed by atoms with van der Waals surface area (Å²) in [4.78, 5) is 43.7. The zero-order chi connectivity index (χ0) is 32.3. The quantitative estimate of drug-likeness (QED) is 0.274. The molecule has 1 saturated heterocycles. The number of carbonyl (C=O) groups is 3. The number of sulfone groups is 1. The van der Waals surface area contributed by atoms with Crippen LogP contribution in [0.2, 0.25) is 0 Å². The topological polar surface area (TPSA) is 144 Å². The van der Waals surface area contributed by atoms with Crippen LogP contribution in [0.25, 0.3) is 22.2 Å². The highest BCUT2D eigenvalue weighted by molar-refractivity contribution is 8.00. The lowest BCUT2D eigenvalue weighted by Crippen LogP contribution is -2.71. The number of halogens is 1. The largest absolute Gasteiger partial charge is 0.484 e. The second-order valence-corrected chi connectivity index (χ2v) is 15.0. The van der Waals surface area contributed by atoms with Crippen molar-refractivity contribution < 1.29 is 41.4 Å². The number of nitrogens with zero attached hydrogens (tertiary/aromatic N) is 1. The summed E-state index contributed by atoms with van der Waals surface area (Å²) in [5.74, 6) is -1.86. The number of esters is 1. The number of rotatable bonds is 8. The number of benzene rings is 2. The van der Waals surface area contributed by atoms with Gasteiger partial charge in [0.25, 0.3) is 11.8 Å². The van der Waals surface area contributed by atoms with E-state index in [9.17, 15) is 27.2 Å². The standard InChI is InChI=1S/C31H32FN3O8S2/c1-5-41-12-16-14-44-29-26(28(37)35(29)27(16)30(38)43-31(2,3)4)34-24(36)13-42-18-7-8-19-23(11-18)45(39,40)15-21-20-10-17(32)6-9-22(20)33-25(19)21/h6-11,26,29,33H,5,12-15H2,1-4H3,(H,34,36). The molecule has 1 fully saturated rings. The van der Waals surface area contributed by atoms with Crippen molar-refractivity contribution in [2.24, 2.45) is 0 Å². The Labute approximate surface area is 263 Å². The normalized spacial score (nSPS) is 20.2. The second-order valence-electron chi connectivity index (χ2n) is 11.9. The number of hydrogen-bond acceptors (Lipinski definition) is 9. The van der Waals surface area contributed by atoms with E-state index in [0.29, 0.717) is 45.7 Å². The van der Waals surface area contributed by atoms with E-state index in [1.54, 1.807) is 39.0 Å². The van der Waals surface area contributed by atoms with Gasteiger partial charge >= 0.3 is 5.97 Å². The van der Waals surface area contributed by atoms with E-state index in [4.69, 9.17) is 14.2 Å². The fourth-order valence-electron chi connectivity index (χ4n) is 5.62. The summed E-state index contributed by atoms with van der Waals surface area (Å²) in [6.45, 7) is 7.20. The van der Waals surface area contributed by atoms with Crippen LogP contribution in [-0.2, 0) is 39.4 Å². The molecule has 14 heteroatoms. The van der Waals surface area contributed by atoms with Gasteiger partial charge in [0.2, 0.25) is 0 Å². The number of amides is 2. The van der Waals surface area contributed by atoms with Crippen molar-refractivity contribution in [3.63, 3.8) is 0 Å². The van der Waals surface area contributed by atoms with Crippen LogP contribution < -0.4 is 10.1 Å². The highest BCUT2D eigenvalue weighted by Gasteiger charge is 2.54. The molecule has 1 aromatic heterocycles. The van der Waals surface area contributed by atoms with Crippen LogP contribution in [0.5, 0.6) is 5.75 Å². The van der Waals surface area contributed by atoms with Gasteiger partial charge < -0.3 is 24.5 Å². The average molecular weight is 658 g/mol. The molecule has 2 unspecified atom stereocenters. The Morgan fingerprint density at radius 1 is 1.18 bits per heavy atom. The van der Waals surface area contributed by atoms with Gasteiger partial charge in [0.05, 0.1) is 22.9 Å². The molecular weight excluding hydrogens is 625 g/mol. The summed E-state index contributed by atoms with van der Waals surface area (Å²) in [6.07, 6.45) is 0. The molecule has 11 nitrogen and oxygen atoms in total. The number of fused-ring (bicyclic) bond motifs is 6. The molecule has 0 spiro atoms. The van der Waals surface area contributed by atoms with E-state index >= 15 is 0 Å². The molecule has 45 heavy (non-hydrogen) atoms. The summed E-state index contributed by atoms with van der Waals surface area (Å²) < 4.78 is 57.0. The fourth-order valence-corrected chi connectivity index (χ4v) is 8.59. The van der Waals surface area contributed by atoms with E-state index in [1.807, 2.05) is 6.92 Å². The van der Waals surface area contributed by atoms with Crippen LogP contribution in [0.4, 0.5) is 4.39 Å². The molecule has 6 rings (SSSR count). The van der Waals surface area contributed by atoms with Crippen molar-refractivity contribution in [3.05, 3.63) is 59.0 Å². The van der Waals surface area contributed by atoms with Gasteiger partial charge in [-0.05, 0) is 69.7 Å². The highest BCUT2D eigenvalue weighted by atomic mass is 32.2. The van der Waals surface area contributed by atoms with Gasteiger partial charge in [-0.25, -0.2) is 17.6 Å². The van der Waals surface area contributed by atoms with Gasteiger partial charge in [-0.15, -0.1) is 11.8 Å². The summed E-state index contributed by atoms with van der Waals surface area (Å²) >= 11 is 1.40. The molecule has 4 heterocycles. The maximum Gasteiger partial charge on any atom is 0.355 e.